The lowest BCUT2D eigenvalue weighted by atomic mass is 10.1. The Kier molecular flexibility index (Phi) is 8.25. The molecule has 1 amide bonds. The molecule has 0 saturated carbocycles. The number of methoxy groups -OCH3 is 3. The zero-order chi connectivity index (χ0) is 24.5. The predicted octanol–water partition coefficient (Wildman–Crippen LogP) is 4.97. The highest BCUT2D eigenvalue weighted by Crippen LogP contribution is 2.38. The number of hydrogen-bond acceptors (Lipinski definition) is 5. The summed E-state index contributed by atoms with van der Waals surface area (Å²) in [6.07, 6.45) is 3.10. The average Bonchev–Trinajstić information content (AvgIpc) is 2.86. The van der Waals surface area contributed by atoms with Crippen molar-refractivity contribution in [2.24, 2.45) is 0 Å². The molecule has 0 aliphatic heterocycles. The van der Waals surface area contributed by atoms with Gasteiger partial charge in [-0.3, -0.25) is 4.79 Å². The second kappa shape index (κ2) is 11.5. The molecular formula is C27H25FN2O4. The van der Waals surface area contributed by atoms with Gasteiger partial charge in [0.1, 0.15) is 5.82 Å². The first-order chi connectivity index (χ1) is 16.5. The van der Waals surface area contributed by atoms with Gasteiger partial charge in [-0.25, -0.2) is 4.39 Å². The molecule has 6 nitrogen and oxygen atoms in total. The van der Waals surface area contributed by atoms with Crippen molar-refractivity contribution < 1.29 is 23.4 Å². The molecule has 7 heteroatoms. The van der Waals surface area contributed by atoms with Crippen LogP contribution in [-0.2, 0) is 17.9 Å². The Balaban J connectivity index is 1.88. The van der Waals surface area contributed by atoms with E-state index in [1.54, 1.807) is 59.5 Å². The number of amides is 1. The molecule has 0 bridgehead atoms. The van der Waals surface area contributed by atoms with Crippen LogP contribution in [0.4, 0.5) is 4.39 Å². The minimum absolute atomic E-state index is 0.218. The molecule has 0 aromatic heterocycles. The van der Waals surface area contributed by atoms with Crippen LogP contribution in [0.3, 0.4) is 0 Å². The largest absolute Gasteiger partial charge is 0.493 e. The fraction of sp³-hybridized carbons (Fsp3) is 0.185. The Bertz CT molecular complexity index is 1190. The highest BCUT2D eigenvalue weighted by Gasteiger charge is 2.15. The third-order valence-corrected chi connectivity index (χ3v) is 5.14. The van der Waals surface area contributed by atoms with Crippen LogP contribution in [0.2, 0.25) is 0 Å². The molecule has 3 aromatic carbocycles. The van der Waals surface area contributed by atoms with Gasteiger partial charge in [0.25, 0.3) is 0 Å². The van der Waals surface area contributed by atoms with Gasteiger partial charge in [0.15, 0.2) is 11.5 Å². The number of rotatable bonds is 9. The molecule has 0 spiro atoms. The van der Waals surface area contributed by atoms with Crippen LogP contribution in [0.5, 0.6) is 17.2 Å². The van der Waals surface area contributed by atoms with Crippen LogP contribution in [-0.4, -0.2) is 32.1 Å². The first-order valence-corrected chi connectivity index (χ1v) is 10.5. The molecule has 0 heterocycles. The van der Waals surface area contributed by atoms with Crippen molar-refractivity contribution in [2.45, 2.75) is 13.1 Å². The van der Waals surface area contributed by atoms with Gasteiger partial charge in [0.2, 0.25) is 11.7 Å². The molecular weight excluding hydrogens is 435 g/mol. The van der Waals surface area contributed by atoms with Crippen molar-refractivity contribution in [1.82, 2.24) is 4.90 Å². The van der Waals surface area contributed by atoms with E-state index in [2.05, 4.69) is 6.07 Å². The Morgan fingerprint density at radius 3 is 2.15 bits per heavy atom. The fourth-order valence-corrected chi connectivity index (χ4v) is 3.44. The minimum Gasteiger partial charge on any atom is -0.493 e. The molecule has 0 aliphatic rings. The number of ether oxygens (including phenoxy) is 3. The van der Waals surface area contributed by atoms with Gasteiger partial charge in [-0.15, -0.1) is 0 Å². The molecule has 0 N–H and O–H groups in total. The van der Waals surface area contributed by atoms with Gasteiger partial charge in [0.05, 0.1) is 33.0 Å². The Morgan fingerprint density at radius 2 is 1.59 bits per heavy atom. The number of carbonyl (C=O) groups is 1. The van der Waals surface area contributed by atoms with E-state index in [4.69, 9.17) is 19.5 Å². The summed E-state index contributed by atoms with van der Waals surface area (Å²) in [4.78, 5) is 14.8. The number of nitrogens with zero attached hydrogens (tertiary/aromatic N) is 2. The van der Waals surface area contributed by atoms with Crippen LogP contribution in [0.25, 0.3) is 6.08 Å². The van der Waals surface area contributed by atoms with Gasteiger partial charge < -0.3 is 19.1 Å². The van der Waals surface area contributed by atoms with E-state index in [-0.39, 0.29) is 18.3 Å². The zero-order valence-electron chi connectivity index (χ0n) is 19.2. The fourth-order valence-electron chi connectivity index (χ4n) is 3.44. The summed E-state index contributed by atoms with van der Waals surface area (Å²) in [6, 6.07) is 18.7. The van der Waals surface area contributed by atoms with Gasteiger partial charge >= 0.3 is 0 Å². The van der Waals surface area contributed by atoms with Crippen molar-refractivity contribution in [1.29, 1.82) is 5.26 Å². The van der Waals surface area contributed by atoms with Crippen molar-refractivity contribution in [2.75, 3.05) is 21.3 Å². The number of halogens is 1. The molecule has 0 unspecified atom stereocenters. The molecule has 0 saturated heterocycles. The molecule has 0 atom stereocenters. The second-order valence-electron chi connectivity index (χ2n) is 7.42. The average molecular weight is 461 g/mol. The number of carbonyl (C=O) groups excluding carboxylic acids is 1. The molecule has 174 valence electrons. The third kappa shape index (κ3) is 6.14. The summed E-state index contributed by atoms with van der Waals surface area (Å²) in [6.45, 7) is 0.511. The topological polar surface area (TPSA) is 71.8 Å². The van der Waals surface area contributed by atoms with Gasteiger partial charge in [0, 0.05) is 19.2 Å². The number of nitriles is 1. The van der Waals surface area contributed by atoms with Crippen molar-refractivity contribution in [3.63, 3.8) is 0 Å². The molecule has 34 heavy (non-hydrogen) atoms. The summed E-state index contributed by atoms with van der Waals surface area (Å²) < 4.78 is 29.8. The summed E-state index contributed by atoms with van der Waals surface area (Å²) in [5, 5.41) is 9.02. The zero-order valence-corrected chi connectivity index (χ0v) is 19.2. The smallest absolute Gasteiger partial charge is 0.247 e. The third-order valence-electron chi connectivity index (χ3n) is 5.14. The summed E-state index contributed by atoms with van der Waals surface area (Å²) >= 11 is 0. The highest BCUT2D eigenvalue weighted by atomic mass is 19.1. The predicted molar refractivity (Wildman–Crippen MR) is 127 cm³/mol. The van der Waals surface area contributed by atoms with E-state index in [1.807, 2.05) is 0 Å². The van der Waals surface area contributed by atoms with Crippen molar-refractivity contribution in [3.8, 4) is 23.3 Å². The van der Waals surface area contributed by atoms with E-state index in [0.717, 1.165) is 5.56 Å². The Hall–Kier alpha value is -4.31. The molecule has 3 aromatic rings. The van der Waals surface area contributed by atoms with E-state index in [9.17, 15) is 9.18 Å². The lowest BCUT2D eigenvalue weighted by molar-refractivity contribution is -0.127. The molecule has 0 fully saturated rings. The van der Waals surface area contributed by atoms with E-state index < -0.39 is 0 Å². The molecule has 0 aliphatic carbocycles. The number of benzene rings is 3. The summed E-state index contributed by atoms with van der Waals surface area (Å²) in [5.41, 5.74) is 2.74. The molecule has 0 radical (unpaired) electrons. The van der Waals surface area contributed by atoms with Crippen molar-refractivity contribution >= 4 is 12.0 Å². The summed E-state index contributed by atoms with van der Waals surface area (Å²) in [5.74, 6) is 0.784. The van der Waals surface area contributed by atoms with Gasteiger partial charge in [-0.05, 0) is 59.2 Å². The van der Waals surface area contributed by atoms with Gasteiger partial charge in [-0.1, -0.05) is 24.3 Å². The van der Waals surface area contributed by atoms with E-state index >= 15 is 0 Å². The second-order valence-corrected chi connectivity index (χ2v) is 7.42. The normalized spacial score (nSPS) is 10.6. The monoisotopic (exact) mass is 460 g/mol. The Labute approximate surface area is 198 Å². The lowest BCUT2D eigenvalue weighted by Gasteiger charge is -2.22. The molecule has 3 rings (SSSR count). The minimum atomic E-state index is -0.365. The standard InChI is InChI=1S/C27H25FN2O4/c1-32-24-14-21(15-25(33-2)27(24)34-3)11-12-26(31)30(18-22-5-4-6-23(28)13-22)17-20-9-7-19(16-29)8-10-20/h4-15H,17-18H2,1-3H3/b12-11+. The maximum absolute atomic E-state index is 13.7. The van der Waals surface area contributed by atoms with Crippen LogP contribution in [0, 0.1) is 17.1 Å². The quantitative estimate of drug-likeness (QED) is 0.422. The summed E-state index contributed by atoms with van der Waals surface area (Å²) in [7, 11) is 4.56. The van der Waals surface area contributed by atoms with Crippen LogP contribution in [0.15, 0.2) is 66.7 Å². The van der Waals surface area contributed by atoms with E-state index in [0.29, 0.717) is 40.5 Å². The highest BCUT2D eigenvalue weighted by molar-refractivity contribution is 5.92. The Morgan fingerprint density at radius 1 is 0.941 bits per heavy atom. The maximum atomic E-state index is 13.7. The van der Waals surface area contributed by atoms with Gasteiger partial charge in [-0.2, -0.15) is 5.26 Å². The van der Waals surface area contributed by atoms with E-state index in [1.165, 1.54) is 39.5 Å². The first-order valence-electron chi connectivity index (χ1n) is 10.5. The lowest BCUT2D eigenvalue weighted by Crippen LogP contribution is -2.28. The van der Waals surface area contributed by atoms with Crippen LogP contribution in [0.1, 0.15) is 22.3 Å². The van der Waals surface area contributed by atoms with Crippen molar-refractivity contribution in [3.05, 3.63) is 94.8 Å². The number of hydrogen-bond donors (Lipinski definition) is 0. The maximum Gasteiger partial charge on any atom is 0.247 e. The first kappa shape index (κ1) is 24.3. The van der Waals surface area contributed by atoms with Crippen LogP contribution >= 0.6 is 0 Å². The van der Waals surface area contributed by atoms with Crippen LogP contribution < -0.4 is 14.2 Å². The SMILES string of the molecule is COc1cc(/C=C/C(=O)N(Cc2ccc(C#N)cc2)Cc2cccc(F)c2)cc(OC)c1OC.